The Morgan fingerprint density at radius 2 is 2.18 bits per heavy atom. The van der Waals surface area contributed by atoms with E-state index in [1.807, 2.05) is 19.2 Å². The molecule has 0 saturated heterocycles. The van der Waals surface area contributed by atoms with E-state index in [1.54, 1.807) is 0 Å². The van der Waals surface area contributed by atoms with Crippen molar-refractivity contribution in [2.45, 2.75) is 34.1 Å². The van der Waals surface area contributed by atoms with Crippen LogP contribution < -0.4 is 5.73 Å². The third-order valence-electron chi connectivity index (χ3n) is 3.75. The number of nitrogens with two attached hydrogens (primary N) is 1. The number of rotatable bonds is 3. The van der Waals surface area contributed by atoms with Gasteiger partial charge in [0.05, 0.1) is 11.4 Å². The molecule has 94 valence electrons. The Morgan fingerprint density at radius 1 is 1.53 bits per heavy atom. The SMILES string of the molecule is C=CC(C)C(C)/C1=C(N)/C(C)=N\C=C\CC1C. The highest BCUT2D eigenvalue weighted by atomic mass is 14.8. The van der Waals surface area contributed by atoms with Crippen molar-refractivity contribution in [3.8, 4) is 0 Å². The minimum Gasteiger partial charge on any atom is -0.397 e. The fraction of sp³-hybridized carbons (Fsp3) is 0.533. The molecule has 0 bridgehead atoms. The highest BCUT2D eigenvalue weighted by Crippen LogP contribution is 2.31. The molecule has 0 aromatic heterocycles. The molecule has 2 nitrogen and oxygen atoms in total. The summed E-state index contributed by atoms with van der Waals surface area (Å²) < 4.78 is 0. The average Bonchev–Trinajstić information content (AvgIpc) is 2.31. The van der Waals surface area contributed by atoms with Crippen molar-refractivity contribution in [1.29, 1.82) is 0 Å². The number of aliphatic imine (C=N–C) groups is 1. The van der Waals surface area contributed by atoms with Crippen molar-refractivity contribution in [2.24, 2.45) is 28.5 Å². The Balaban J connectivity index is 3.18. The van der Waals surface area contributed by atoms with Crippen LogP contribution in [0.5, 0.6) is 0 Å². The minimum atomic E-state index is 0.416. The maximum Gasteiger partial charge on any atom is 0.0601 e. The lowest BCUT2D eigenvalue weighted by Gasteiger charge is -2.27. The van der Waals surface area contributed by atoms with E-state index in [1.165, 1.54) is 5.57 Å². The topological polar surface area (TPSA) is 38.4 Å². The van der Waals surface area contributed by atoms with E-state index >= 15 is 0 Å². The van der Waals surface area contributed by atoms with Gasteiger partial charge in [-0.25, -0.2) is 0 Å². The van der Waals surface area contributed by atoms with Gasteiger partial charge in [-0.15, -0.1) is 6.58 Å². The number of nitrogens with zero attached hydrogens (tertiary/aromatic N) is 1. The van der Waals surface area contributed by atoms with Crippen LogP contribution in [0.2, 0.25) is 0 Å². The summed E-state index contributed by atoms with van der Waals surface area (Å²) in [7, 11) is 0. The number of hydrogen-bond donors (Lipinski definition) is 1. The van der Waals surface area contributed by atoms with Crippen molar-refractivity contribution >= 4 is 5.71 Å². The van der Waals surface area contributed by atoms with Gasteiger partial charge in [-0.05, 0) is 36.7 Å². The van der Waals surface area contributed by atoms with Gasteiger partial charge in [0.25, 0.3) is 0 Å². The van der Waals surface area contributed by atoms with Gasteiger partial charge < -0.3 is 5.73 Å². The lowest BCUT2D eigenvalue weighted by atomic mass is 9.79. The predicted octanol–water partition coefficient (Wildman–Crippen LogP) is 3.67. The van der Waals surface area contributed by atoms with Gasteiger partial charge >= 0.3 is 0 Å². The highest BCUT2D eigenvalue weighted by molar-refractivity contribution is 5.98. The van der Waals surface area contributed by atoms with Gasteiger partial charge in [-0.3, -0.25) is 4.99 Å². The summed E-state index contributed by atoms with van der Waals surface area (Å²) in [6.07, 6.45) is 6.97. The zero-order chi connectivity index (χ0) is 13.0. The summed E-state index contributed by atoms with van der Waals surface area (Å²) in [5.41, 5.74) is 9.36. The van der Waals surface area contributed by atoms with E-state index < -0.39 is 0 Å². The Labute approximate surface area is 105 Å². The van der Waals surface area contributed by atoms with Crippen molar-refractivity contribution < 1.29 is 0 Å². The molecule has 1 aliphatic heterocycles. The monoisotopic (exact) mass is 232 g/mol. The lowest BCUT2D eigenvalue weighted by Crippen LogP contribution is -2.23. The Bertz CT molecular complexity index is 374. The van der Waals surface area contributed by atoms with E-state index in [-0.39, 0.29) is 0 Å². The average molecular weight is 232 g/mol. The Hall–Kier alpha value is -1.31. The van der Waals surface area contributed by atoms with Crippen LogP contribution in [0.4, 0.5) is 0 Å². The summed E-state index contributed by atoms with van der Waals surface area (Å²) in [5, 5.41) is 0. The van der Waals surface area contributed by atoms with E-state index in [9.17, 15) is 0 Å². The minimum absolute atomic E-state index is 0.416. The molecule has 0 spiro atoms. The van der Waals surface area contributed by atoms with Crippen LogP contribution in [0.25, 0.3) is 0 Å². The molecule has 2 heteroatoms. The van der Waals surface area contributed by atoms with Crippen molar-refractivity contribution in [2.75, 3.05) is 0 Å². The third-order valence-corrected chi connectivity index (χ3v) is 3.75. The van der Waals surface area contributed by atoms with E-state index in [2.05, 4.69) is 38.4 Å². The molecule has 1 rings (SSSR count). The largest absolute Gasteiger partial charge is 0.397 e. The predicted molar refractivity (Wildman–Crippen MR) is 75.8 cm³/mol. The van der Waals surface area contributed by atoms with Gasteiger partial charge in [0.1, 0.15) is 0 Å². The molecule has 0 aromatic carbocycles. The third kappa shape index (κ3) is 3.09. The van der Waals surface area contributed by atoms with Crippen LogP contribution in [-0.2, 0) is 0 Å². The molecule has 0 amide bonds. The van der Waals surface area contributed by atoms with Crippen LogP contribution >= 0.6 is 0 Å². The molecule has 0 radical (unpaired) electrons. The van der Waals surface area contributed by atoms with Gasteiger partial charge in [0.15, 0.2) is 0 Å². The second-order valence-electron chi connectivity index (χ2n) is 4.99. The first-order valence-corrected chi connectivity index (χ1v) is 6.30. The molecule has 1 heterocycles. The normalized spacial score (nSPS) is 33.9. The standard InChI is InChI=1S/C15H24N2/c1-6-10(2)12(4)14-11(3)8-7-9-17-13(5)15(14)16/h6-7,9-12H,1,8,16H2,2-5H3/b9-7+,15-14-,17-13-. The molecule has 2 N–H and O–H groups in total. The molecule has 17 heavy (non-hydrogen) atoms. The summed E-state index contributed by atoms with van der Waals surface area (Å²) >= 11 is 0. The number of hydrogen-bond acceptors (Lipinski definition) is 2. The molecule has 0 saturated carbocycles. The van der Waals surface area contributed by atoms with E-state index in [0.29, 0.717) is 17.8 Å². The number of allylic oxidation sites excluding steroid dienone is 4. The molecule has 0 aliphatic carbocycles. The second-order valence-corrected chi connectivity index (χ2v) is 4.99. The second kappa shape index (κ2) is 5.85. The van der Waals surface area contributed by atoms with Crippen molar-refractivity contribution in [1.82, 2.24) is 0 Å². The van der Waals surface area contributed by atoms with Crippen LogP contribution in [0, 0.1) is 17.8 Å². The Morgan fingerprint density at radius 3 is 2.76 bits per heavy atom. The van der Waals surface area contributed by atoms with Crippen molar-refractivity contribution in [3.63, 3.8) is 0 Å². The first kappa shape index (κ1) is 13.8. The summed E-state index contributed by atoms with van der Waals surface area (Å²) in [4.78, 5) is 4.34. The van der Waals surface area contributed by atoms with Gasteiger partial charge in [-0.1, -0.05) is 32.9 Å². The smallest absolute Gasteiger partial charge is 0.0601 e. The molecule has 0 aromatic rings. The fourth-order valence-electron chi connectivity index (χ4n) is 2.28. The van der Waals surface area contributed by atoms with Gasteiger partial charge in [0.2, 0.25) is 0 Å². The highest BCUT2D eigenvalue weighted by Gasteiger charge is 2.23. The zero-order valence-electron chi connectivity index (χ0n) is 11.4. The fourth-order valence-corrected chi connectivity index (χ4v) is 2.28. The van der Waals surface area contributed by atoms with Crippen LogP contribution in [-0.4, -0.2) is 5.71 Å². The maximum atomic E-state index is 6.26. The molecule has 0 fully saturated rings. The zero-order valence-corrected chi connectivity index (χ0v) is 11.4. The summed E-state index contributed by atoms with van der Waals surface area (Å²) in [6.45, 7) is 12.5. The van der Waals surface area contributed by atoms with E-state index in [4.69, 9.17) is 5.73 Å². The first-order chi connectivity index (χ1) is 7.99. The first-order valence-electron chi connectivity index (χ1n) is 6.30. The van der Waals surface area contributed by atoms with Crippen LogP contribution in [0.15, 0.2) is 41.2 Å². The summed E-state index contributed by atoms with van der Waals surface area (Å²) in [5.74, 6) is 1.32. The van der Waals surface area contributed by atoms with Crippen LogP contribution in [0.3, 0.4) is 0 Å². The molecular weight excluding hydrogens is 208 g/mol. The maximum absolute atomic E-state index is 6.26. The molecule has 3 unspecified atom stereocenters. The van der Waals surface area contributed by atoms with Crippen LogP contribution in [0.1, 0.15) is 34.1 Å². The van der Waals surface area contributed by atoms with E-state index in [0.717, 1.165) is 17.8 Å². The van der Waals surface area contributed by atoms with Gasteiger partial charge in [-0.2, -0.15) is 0 Å². The van der Waals surface area contributed by atoms with Crippen molar-refractivity contribution in [3.05, 3.63) is 36.2 Å². The quantitative estimate of drug-likeness (QED) is 0.741. The summed E-state index contributed by atoms with van der Waals surface area (Å²) in [6, 6.07) is 0. The molecule has 3 atom stereocenters. The molecule has 1 aliphatic rings. The molecular formula is C15H24N2. The lowest BCUT2D eigenvalue weighted by molar-refractivity contribution is 0.466. The van der Waals surface area contributed by atoms with Gasteiger partial charge in [0, 0.05) is 6.20 Å². The Kier molecular flexibility index (Phi) is 4.73.